The minimum Gasteiger partial charge on any atom is -0.504 e. The number of fused-ring (bicyclic) bond motifs is 1. The first kappa shape index (κ1) is 18.1. The normalized spacial score (nSPS) is 11.1. The lowest BCUT2D eigenvalue weighted by molar-refractivity contribution is 0.282. The summed E-state index contributed by atoms with van der Waals surface area (Å²) in [5, 5.41) is 29.6. The van der Waals surface area contributed by atoms with Gasteiger partial charge in [0.15, 0.2) is 22.8 Å². The number of hydrogen-bond donors (Lipinski definition) is 3. The number of aliphatic hydroxyl groups is 2. The summed E-state index contributed by atoms with van der Waals surface area (Å²) in [4.78, 5) is 0. The monoisotopic (exact) mass is 358 g/mol. The van der Waals surface area contributed by atoms with Crippen LogP contribution in [-0.2, 0) is 13.0 Å². The quantitative estimate of drug-likeness (QED) is 0.600. The lowest BCUT2D eigenvalue weighted by Crippen LogP contribution is -1.93. The van der Waals surface area contributed by atoms with Crippen molar-refractivity contribution in [2.75, 3.05) is 20.8 Å². The van der Waals surface area contributed by atoms with Gasteiger partial charge >= 0.3 is 0 Å². The Morgan fingerprint density at radius 2 is 1.77 bits per heavy atom. The van der Waals surface area contributed by atoms with Crippen molar-refractivity contribution in [2.24, 2.45) is 0 Å². The first-order chi connectivity index (χ1) is 12.6. The smallest absolute Gasteiger partial charge is 0.177 e. The summed E-state index contributed by atoms with van der Waals surface area (Å²) in [6, 6.07) is 8.71. The molecule has 1 heterocycles. The van der Waals surface area contributed by atoms with Crippen LogP contribution < -0.4 is 9.47 Å². The Labute approximate surface area is 151 Å². The molecule has 6 nitrogen and oxygen atoms in total. The predicted molar refractivity (Wildman–Crippen MR) is 97.7 cm³/mol. The average Bonchev–Trinajstić information content (AvgIpc) is 3.04. The van der Waals surface area contributed by atoms with Gasteiger partial charge in [0.1, 0.15) is 5.76 Å². The Morgan fingerprint density at radius 1 is 1.00 bits per heavy atom. The van der Waals surface area contributed by atoms with E-state index in [9.17, 15) is 10.2 Å². The number of aryl methyl sites for hydroxylation is 1. The van der Waals surface area contributed by atoms with Crippen LogP contribution in [0.2, 0.25) is 0 Å². The van der Waals surface area contributed by atoms with Crippen molar-refractivity contribution in [3.8, 4) is 28.6 Å². The first-order valence-corrected chi connectivity index (χ1v) is 8.34. The summed E-state index contributed by atoms with van der Waals surface area (Å²) in [5.74, 6) is 1.42. The average molecular weight is 358 g/mol. The van der Waals surface area contributed by atoms with Gasteiger partial charge in [-0.25, -0.2) is 0 Å². The Hall–Kier alpha value is -2.70. The van der Waals surface area contributed by atoms with Crippen LogP contribution in [0.5, 0.6) is 17.2 Å². The highest BCUT2D eigenvalue weighted by Crippen LogP contribution is 2.41. The maximum absolute atomic E-state index is 9.96. The number of rotatable bonds is 7. The molecule has 0 aliphatic heterocycles. The molecule has 0 bridgehead atoms. The number of methoxy groups -OCH3 is 2. The van der Waals surface area contributed by atoms with Gasteiger partial charge in [0, 0.05) is 23.1 Å². The van der Waals surface area contributed by atoms with E-state index >= 15 is 0 Å². The van der Waals surface area contributed by atoms with Gasteiger partial charge in [-0.1, -0.05) is 0 Å². The Kier molecular flexibility index (Phi) is 5.35. The summed E-state index contributed by atoms with van der Waals surface area (Å²) in [5.41, 5.74) is 2.86. The third-order valence-corrected chi connectivity index (χ3v) is 4.36. The van der Waals surface area contributed by atoms with Crippen molar-refractivity contribution in [1.82, 2.24) is 0 Å². The maximum Gasteiger partial charge on any atom is 0.177 e. The zero-order chi connectivity index (χ0) is 18.7. The first-order valence-electron chi connectivity index (χ1n) is 8.34. The van der Waals surface area contributed by atoms with Crippen molar-refractivity contribution in [3.63, 3.8) is 0 Å². The number of aromatic hydroxyl groups is 1. The number of aliphatic hydroxyl groups excluding tert-OH is 2. The molecule has 0 spiro atoms. The molecule has 1 aromatic heterocycles. The minimum absolute atomic E-state index is 0.0294. The highest BCUT2D eigenvalue weighted by Gasteiger charge is 2.20. The standard InChI is InChI=1S/C20H22O6/c1-24-17-10-13(5-6-16(17)23)19-15(11-22)14-8-12(4-3-7-21)9-18(25-2)20(14)26-19/h5-6,8-10,21-23H,3-4,7,11H2,1-2H3. The summed E-state index contributed by atoms with van der Waals surface area (Å²) < 4.78 is 16.6. The summed E-state index contributed by atoms with van der Waals surface area (Å²) in [7, 11) is 3.04. The molecule has 0 saturated carbocycles. The summed E-state index contributed by atoms with van der Waals surface area (Å²) >= 11 is 0. The van der Waals surface area contributed by atoms with Gasteiger partial charge in [-0.2, -0.15) is 0 Å². The molecule has 0 amide bonds. The number of benzene rings is 2. The Balaban J connectivity index is 2.20. The molecule has 2 aromatic carbocycles. The lowest BCUT2D eigenvalue weighted by Gasteiger charge is -2.06. The van der Waals surface area contributed by atoms with Crippen LogP contribution in [0.4, 0.5) is 0 Å². The van der Waals surface area contributed by atoms with Crippen molar-refractivity contribution in [3.05, 3.63) is 41.5 Å². The van der Waals surface area contributed by atoms with Gasteiger partial charge in [0.05, 0.1) is 20.8 Å². The van der Waals surface area contributed by atoms with E-state index in [4.69, 9.17) is 19.0 Å². The highest BCUT2D eigenvalue weighted by atomic mass is 16.5. The van der Waals surface area contributed by atoms with E-state index in [1.165, 1.54) is 13.2 Å². The molecule has 0 aliphatic carbocycles. The van der Waals surface area contributed by atoms with Crippen LogP contribution in [0.1, 0.15) is 17.5 Å². The fraction of sp³-hybridized carbons (Fsp3) is 0.300. The Morgan fingerprint density at radius 3 is 2.42 bits per heavy atom. The third kappa shape index (κ3) is 3.21. The SMILES string of the molecule is COc1cc(-c2oc3c(OC)cc(CCCO)cc3c2CO)ccc1O. The van der Waals surface area contributed by atoms with Crippen LogP contribution in [0.3, 0.4) is 0 Å². The zero-order valence-electron chi connectivity index (χ0n) is 14.8. The van der Waals surface area contributed by atoms with E-state index in [0.717, 1.165) is 10.9 Å². The largest absolute Gasteiger partial charge is 0.504 e. The minimum atomic E-state index is -0.210. The van der Waals surface area contributed by atoms with Gasteiger partial charge in [-0.15, -0.1) is 0 Å². The molecule has 0 unspecified atom stereocenters. The van der Waals surface area contributed by atoms with Crippen LogP contribution >= 0.6 is 0 Å². The predicted octanol–water partition coefficient (Wildman–Crippen LogP) is 3.24. The molecular weight excluding hydrogens is 336 g/mol. The van der Waals surface area contributed by atoms with Gasteiger partial charge in [0.25, 0.3) is 0 Å². The van der Waals surface area contributed by atoms with Gasteiger partial charge in [0.2, 0.25) is 0 Å². The molecule has 0 aliphatic rings. The van der Waals surface area contributed by atoms with Gasteiger partial charge in [-0.3, -0.25) is 0 Å². The highest BCUT2D eigenvalue weighted by molar-refractivity contribution is 5.92. The van der Waals surface area contributed by atoms with Gasteiger partial charge < -0.3 is 29.2 Å². The van der Waals surface area contributed by atoms with Gasteiger partial charge in [-0.05, 0) is 48.7 Å². The fourth-order valence-electron chi connectivity index (χ4n) is 3.06. The van der Waals surface area contributed by atoms with E-state index in [-0.39, 0.29) is 19.0 Å². The molecule has 26 heavy (non-hydrogen) atoms. The molecule has 138 valence electrons. The molecular formula is C20H22O6. The molecule has 6 heteroatoms. The van der Waals surface area contributed by atoms with Crippen molar-refractivity contribution in [2.45, 2.75) is 19.4 Å². The number of phenols is 1. The second kappa shape index (κ2) is 7.68. The fourth-order valence-corrected chi connectivity index (χ4v) is 3.06. The van der Waals surface area contributed by atoms with Crippen LogP contribution in [0.15, 0.2) is 34.7 Å². The maximum atomic E-state index is 9.96. The van der Waals surface area contributed by atoms with E-state index in [1.54, 1.807) is 19.2 Å². The molecule has 0 atom stereocenters. The number of furan rings is 1. The molecule has 0 radical (unpaired) electrons. The molecule has 3 rings (SSSR count). The van der Waals surface area contributed by atoms with Crippen molar-refractivity contribution < 1.29 is 29.2 Å². The van der Waals surface area contributed by atoms with E-state index in [2.05, 4.69) is 0 Å². The van der Waals surface area contributed by atoms with Crippen LogP contribution in [0, 0.1) is 0 Å². The molecule has 3 N–H and O–H groups in total. The third-order valence-electron chi connectivity index (χ3n) is 4.36. The molecule has 0 fully saturated rings. The molecule has 0 saturated heterocycles. The summed E-state index contributed by atoms with van der Waals surface area (Å²) in [6.45, 7) is -0.102. The van der Waals surface area contributed by atoms with E-state index in [1.807, 2.05) is 12.1 Å². The van der Waals surface area contributed by atoms with Crippen LogP contribution in [-0.4, -0.2) is 36.1 Å². The zero-order valence-corrected chi connectivity index (χ0v) is 14.8. The van der Waals surface area contributed by atoms with E-state index < -0.39 is 0 Å². The topological polar surface area (TPSA) is 92.3 Å². The van der Waals surface area contributed by atoms with Crippen molar-refractivity contribution in [1.29, 1.82) is 0 Å². The summed E-state index contributed by atoms with van der Waals surface area (Å²) in [6.07, 6.45) is 1.34. The second-order valence-electron chi connectivity index (χ2n) is 5.96. The number of hydrogen-bond acceptors (Lipinski definition) is 6. The number of ether oxygens (including phenoxy) is 2. The molecule has 3 aromatic rings. The second-order valence-corrected chi connectivity index (χ2v) is 5.96. The Bertz CT molecular complexity index is 912. The number of phenolic OH excluding ortho intramolecular Hbond substituents is 1. The van der Waals surface area contributed by atoms with Crippen LogP contribution in [0.25, 0.3) is 22.3 Å². The lowest BCUT2D eigenvalue weighted by atomic mass is 10.0. The van der Waals surface area contributed by atoms with Crippen molar-refractivity contribution >= 4 is 11.0 Å². The van der Waals surface area contributed by atoms with E-state index in [0.29, 0.717) is 46.8 Å².